The van der Waals surface area contributed by atoms with E-state index in [4.69, 9.17) is 0 Å². The summed E-state index contributed by atoms with van der Waals surface area (Å²) < 4.78 is 0. The molecule has 6 atom stereocenters. The molecule has 0 aromatic carbocycles. The van der Waals surface area contributed by atoms with Crippen molar-refractivity contribution in [3.63, 3.8) is 0 Å². The molecular weight excluding hydrogens is 234 g/mol. The first kappa shape index (κ1) is 13.2. The van der Waals surface area contributed by atoms with Crippen molar-refractivity contribution in [1.29, 1.82) is 0 Å². The van der Waals surface area contributed by atoms with E-state index in [2.05, 4.69) is 32.6 Å². The molecule has 6 unspecified atom stereocenters. The minimum Gasteiger partial charge on any atom is -0.368 e. The molecule has 2 heteroatoms. The number of hydrogen-bond acceptors (Lipinski definition) is 2. The first-order chi connectivity index (χ1) is 8.99. The van der Waals surface area contributed by atoms with Crippen molar-refractivity contribution in [2.45, 2.75) is 65.5 Å². The zero-order chi connectivity index (χ0) is 13.7. The van der Waals surface area contributed by atoms with Crippen LogP contribution in [0, 0.1) is 23.7 Å². The van der Waals surface area contributed by atoms with Crippen molar-refractivity contribution >= 4 is 5.78 Å². The van der Waals surface area contributed by atoms with Crippen LogP contribution >= 0.6 is 0 Å². The van der Waals surface area contributed by atoms with Crippen LogP contribution in [0.25, 0.3) is 0 Å². The van der Waals surface area contributed by atoms with Crippen LogP contribution in [0.3, 0.4) is 0 Å². The molecule has 1 saturated carbocycles. The van der Waals surface area contributed by atoms with Gasteiger partial charge in [-0.15, -0.1) is 0 Å². The second-order valence-electron chi connectivity index (χ2n) is 7.30. The summed E-state index contributed by atoms with van der Waals surface area (Å²) >= 11 is 0. The summed E-state index contributed by atoms with van der Waals surface area (Å²) in [4.78, 5) is 14.5. The fourth-order valence-corrected chi connectivity index (χ4v) is 4.94. The summed E-state index contributed by atoms with van der Waals surface area (Å²) in [5.74, 6) is 3.43. The highest BCUT2D eigenvalue weighted by molar-refractivity contribution is 5.91. The molecule has 0 spiro atoms. The number of fused-ring (bicyclic) bond motifs is 3. The Morgan fingerprint density at radius 1 is 1.11 bits per heavy atom. The van der Waals surface area contributed by atoms with E-state index in [1.807, 2.05) is 6.08 Å². The first-order valence-corrected chi connectivity index (χ1v) is 7.98. The zero-order valence-electron chi connectivity index (χ0n) is 12.7. The largest absolute Gasteiger partial charge is 0.368 e. The van der Waals surface area contributed by atoms with Crippen molar-refractivity contribution in [2.75, 3.05) is 0 Å². The van der Waals surface area contributed by atoms with Crippen LogP contribution in [0.2, 0.25) is 0 Å². The Balaban J connectivity index is 1.95. The SMILES string of the molecule is CC1=CC(=O)CC2C(C)C(C)C3CC(C)CCC3N12. The molecule has 1 aliphatic carbocycles. The van der Waals surface area contributed by atoms with Gasteiger partial charge in [0.25, 0.3) is 0 Å². The van der Waals surface area contributed by atoms with E-state index in [0.29, 0.717) is 23.8 Å². The minimum atomic E-state index is 0.334. The number of nitrogens with zero attached hydrogens (tertiary/aromatic N) is 1. The maximum atomic E-state index is 11.9. The molecule has 3 aliphatic rings. The number of ketones is 1. The van der Waals surface area contributed by atoms with Crippen molar-refractivity contribution in [2.24, 2.45) is 23.7 Å². The summed E-state index contributed by atoms with van der Waals surface area (Å²) in [7, 11) is 0. The average molecular weight is 261 g/mol. The molecule has 106 valence electrons. The predicted molar refractivity (Wildman–Crippen MR) is 77.6 cm³/mol. The van der Waals surface area contributed by atoms with Gasteiger partial charge in [0.05, 0.1) is 0 Å². The van der Waals surface area contributed by atoms with Crippen LogP contribution < -0.4 is 0 Å². The first-order valence-electron chi connectivity index (χ1n) is 7.98. The van der Waals surface area contributed by atoms with Crippen molar-refractivity contribution in [3.05, 3.63) is 11.8 Å². The average Bonchev–Trinajstić information content (AvgIpc) is 2.35. The Morgan fingerprint density at radius 2 is 1.84 bits per heavy atom. The quantitative estimate of drug-likeness (QED) is 0.664. The fraction of sp³-hybridized carbons (Fsp3) is 0.824. The number of hydrogen-bond donors (Lipinski definition) is 0. The summed E-state index contributed by atoms with van der Waals surface area (Å²) in [5.41, 5.74) is 1.23. The Bertz CT molecular complexity index is 413. The second kappa shape index (κ2) is 4.64. The number of carbonyl (C=O) groups is 1. The van der Waals surface area contributed by atoms with E-state index in [0.717, 1.165) is 24.2 Å². The molecule has 0 bridgehead atoms. The maximum absolute atomic E-state index is 11.9. The van der Waals surface area contributed by atoms with Gasteiger partial charge in [-0.1, -0.05) is 20.8 Å². The lowest BCUT2D eigenvalue weighted by Gasteiger charge is -2.57. The summed E-state index contributed by atoms with van der Waals surface area (Å²) in [5, 5.41) is 0. The van der Waals surface area contributed by atoms with Gasteiger partial charge in [0, 0.05) is 30.3 Å². The molecule has 3 rings (SSSR count). The van der Waals surface area contributed by atoms with E-state index >= 15 is 0 Å². The predicted octanol–water partition coefficient (Wildman–Crippen LogP) is 3.62. The fourth-order valence-electron chi connectivity index (χ4n) is 4.94. The Kier molecular flexibility index (Phi) is 3.23. The molecule has 2 heterocycles. The van der Waals surface area contributed by atoms with Crippen LogP contribution in [0.4, 0.5) is 0 Å². The standard InChI is InChI=1S/C17H27NO/c1-10-5-6-16-15(7-10)12(3)13(4)17-9-14(19)8-11(2)18(16)17/h8,10,12-13,15-17H,5-7,9H2,1-4H3. The molecule has 2 nitrogen and oxygen atoms in total. The number of allylic oxidation sites excluding steroid dienone is 2. The third-order valence-electron chi connectivity index (χ3n) is 6.14. The molecule has 0 aromatic rings. The Morgan fingerprint density at radius 3 is 2.58 bits per heavy atom. The Labute approximate surface area is 117 Å². The summed E-state index contributed by atoms with van der Waals surface area (Å²) in [6, 6.07) is 1.15. The molecule has 19 heavy (non-hydrogen) atoms. The summed E-state index contributed by atoms with van der Waals surface area (Å²) in [6.45, 7) is 9.34. The second-order valence-corrected chi connectivity index (χ2v) is 7.30. The van der Waals surface area contributed by atoms with E-state index in [-0.39, 0.29) is 0 Å². The zero-order valence-corrected chi connectivity index (χ0v) is 12.7. The number of carbonyl (C=O) groups excluding carboxylic acids is 1. The molecular formula is C17H27NO. The van der Waals surface area contributed by atoms with Gasteiger partial charge in [-0.2, -0.15) is 0 Å². The Hall–Kier alpha value is -0.790. The third kappa shape index (κ3) is 2.04. The van der Waals surface area contributed by atoms with E-state index < -0.39 is 0 Å². The topological polar surface area (TPSA) is 20.3 Å². The molecule has 1 saturated heterocycles. The lowest BCUT2D eigenvalue weighted by molar-refractivity contribution is -0.121. The maximum Gasteiger partial charge on any atom is 0.159 e. The van der Waals surface area contributed by atoms with E-state index in [1.165, 1.54) is 25.0 Å². The van der Waals surface area contributed by atoms with Crippen LogP contribution in [-0.4, -0.2) is 22.8 Å². The monoisotopic (exact) mass is 261 g/mol. The van der Waals surface area contributed by atoms with Gasteiger partial charge in [0.2, 0.25) is 0 Å². The number of rotatable bonds is 0. The van der Waals surface area contributed by atoms with Gasteiger partial charge >= 0.3 is 0 Å². The van der Waals surface area contributed by atoms with Gasteiger partial charge in [0.15, 0.2) is 5.78 Å². The van der Waals surface area contributed by atoms with Crippen LogP contribution in [0.15, 0.2) is 11.8 Å². The van der Waals surface area contributed by atoms with Crippen LogP contribution in [0.1, 0.15) is 53.4 Å². The molecule has 2 fully saturated rings. The van der Waals surface area contributed by atoms with Gasteiger partial charge in [-0.25, -0.2) is 0 Å². The van der Waals surface area contributed by atoms with Gasteiger partial charge in [0.1, 0.15) is 0 Å². The number of piperidine rings is 1. The van der Waals surface area contributed by atoms with Gasteiger partial charge in [-0.05, 0) is 49.9 Å². The van der Waals surface area contributed by atoms with Gasteiger partial charge in [-0.3, -0.25) is 4.79 Å². The minimum absolute atomic E-state index is 0.334. The van der Waals surface area contributed by atoms with E-state index in [1.54, 1.807) is 0 Å². The van der Waals surface area contributed by atoms with E-state index in [9.17, 15) is 4.79 Å². The molecule has 2 aliphatic heterocycles. The lowest BCUT2D eigenvalue weighted by atomic mass is 9.63. The molecule has 0 aromatic heterocycles. The molecule has 0 amide bonds. The highest BCUT2D eigenvalue weighted by Gasteiger charge is 2.48. The van der Waals surface area contributed by atoms with Crippen molar-refractivity contribution in [1.82, 2.24) is 4.90 Å². The van der Waals surface area contributed by atoms with Crippen LogP contribution in [-0.2, 0) is 4.79 Å². The van der Waals surface area contributed by atoms with Gasteiger partial charge < -0.3 is 4.90 Å². The highest BCUT2D eigenvalue weighted by Crippen LogP contribution is 2.48. The van der Waals surface area contributed by atoms with Crippen LogP contribution in [0.5, 0.6) is 0 Å². The molecule has 0 N–H and O–H groups in total. The lowest BCUT2D eigenvalue weighted by Crippen LogP contribution is -2.60. The van der Waals surface area contributed by atoms with Crippen molar-refractivity contribution in [3.8, 4) is 0 Å². The normalized spacial score (nSPS) is 46.4. The molecule has 0 radical (unpaired) electrons. The van der Waals surface area contributed by atoms with Crippen molar-refractivity contribution < 1.29 is 4.79 Å². The summed E-state index contributed by atoms with van der Waals surface area (Å²) in [6.07, 6.45) is 6.67. The smallest absolute Gasteiger partial charge is 0.159 e. The highest BCUT2D eigenvalue weighted by atomic mass is 16.1. The third-order valence-corrected chi connectivity index (χ3v) is 6.14.